The molecule has 27 heavy (non-hydrogen) atoms. The molecule has 0 aromatic heterocycles. The lowest BCUT2D eigenvalue weighted by Gasteiger charge is -2.34. The molecular weight excluding hydrogens is 369 g/mol. The maximum atomic E-state index is 13.6. The number of nitrogens with one attached hydrogen (secondary N) is 1. The molecule has 1 saturated heterocycles. The smallest absolute Gasteiger partial charge is 0.253 e. The van der Waals surface area contributed by atoms with E-state index in [0.717, 1.165) is 0 Å². The van der Waals surface area contributed by atoms with E-state index >= 15 is 0 Å². The van der Waals surface area contributed by atoms with Crippen LogP contribution in [0.3, 0.4) is 0 Å². The van der Waals surface area contributed by atoms with Crippen molar-refractivity contribution < 1.29 is 14.0 Å². The Morgan fingerprint density at radius 2 is 1.67 bits per heavy atom. The summed E-state index contributed by atoms with van der Waals surface area (Å²) >= 11 is 5.86. The third-order valence-electron chi connectivity index (χ3n) is 4.55. The van der Waals surface area contributed by atoms with Gasteiger partial charge in [0, 0.05) is 49.7 Å². The molecular formula is C20H21ClFN3O2. The van der Waals surface area contributed by atoms with Gasteiger partial charge in [0.1, 0.15) is 5.82 Å². The lowest BCUT2D eigenvalue weighted by molar-refractivity contribution is -0.116. The fourth-order valence-electron chi connectivity index (χ4n) is 2.98. The van der Waals surface area contributed by atoms with E-state index in [-0.39, 0.29) is 23.9 Å². The van der Waals surface area contributed by atoms with Crippen LogP contribution in [0.2, 0.25) is 5.02 Å². The first-order valence-corrected chi connectivity index (χ1v) is 9.22. The van der Waals surface area contributed by atoms with Crippen LogP contribution in [0.1, 0.15) is 16.8 Å². The molecule has 0 spiro atoms. The van der Waals surface area contributed by atoms with Gasteiger partial charge < -0.3 is 10.2 Å². The van der Waals surface area contributed by atoms with Crippen molar-refractivity contribution >= 4 is 29.1 Å². The Morgan fingerprint density at radius 3 is 2.33 bits per heavy atom. The molecule has 142 valence electrons. The van der Waals surface area contributed by atoms with Gasteiger partial charge in [-0.25, -0.2) is 4.39 Å². The van der Waals surface area contributed by atoms with Crippen LogP contribution >= 0.6 is 11.6 Å². The molecule has 2 aromatic rings. The molecule has 0 aliphatic carbocycles. The molecule has 7 heteroatoms. The van der Waals surface area contributed by atoms with Crippen molar-refractivity contribution in [3.63, 3.8) is 0 Å². The van der Waals surface area contributed by atoms with Crippen LogP contribution in [0.4, 0.5) is 10.1 Å². The number of halogens is 2. The second-order valence-electron chi connectivity index (χ2n) is 6.42. The summed E-state index contributed by atoms with van der Waals surface area (Å²) in [6.45, 7) is 3.19. The van der Waals surface area contributed by atoms with Crippen LogP contribution in [0.15, 0.2) is 48.5 Å². The number of para-hydroxylation sites is 1. The fraction of sp³-hybridized carbons (Fsp3) is 0.300. The van der Waals surface area contributed by atoms with E-state index in [0.29, 0.717) is 43.3 Å². The van der Waals surface area contributed by atoms with Crippen LogP contribution in [0, 0.1) is 5.82 Å². The Hall–Kier alpha value is -2.44. The average molecular weight is 390 g/mol. The van der Waals surface area contributed by atoms with E-state index in [2.05, 4.69) is 10.2 Å². The zero-order chi connectivity index (χ0) is 19.2. The Labute approximate surface area is 162 Å². The SMILES string of the molecule is O=C(CCN1CCN(C(=O)c2ccc(Cl)cc2)CC1)Nc1ccccc1F. The zero-order valence-electron chi connectivity index (χ0n) is 14.8. The molecule has 0 unspecified atom stereocenters. The molecule has 1 aliphatic rings. The summed E-state index contributed by atoms with van der Waals surface area (Å²) in [5.74, 6) is -0.677. The lowest BCUT2D eigenvalue weighted by atomic mass is 10.2. The molecule has 3 rings (SSSR count). The van der Waals surface area contributed by atoms with E-state index in [4.69, 9.17) is 11.6 Å². The minimum absolute atomic E-state index is 0.0105. The number of carbonyl (C=O) groups is 2. The standard InChI is InChI=1S/C20H21ClFN3O2/c21-16-7-5-15(6-8-16)20(27)25-13-11-24(12-14-25)10-9-19(26)23-18-4-2-1-3-17(18)22/h1-8H,9-14H2,(H,23,26). The van der Waals surface area contributed by atoms with E-state index in [1.54, 1.807) is 41.3 Å². The second kappa shape index (κ2) is 8.97. The van der Waals surface area contributed by atoms with E-state index in [1.165, 1.54) is 12.1 Å². The predicted octanol–water partition coefficient (Wildman–Crippen LogP) is 3.27. The highest BCUT2D eigenvalue weighted by Gasteiger charge is 2.22. The van der Waals surface area contributed by atoms with Gasteiger partial charge in [-0.15, -0.1) is 0 Å². The van der Waals surface area contributed by atoms with E-state index in [9.17, 15) is 14.0 Å². The molecule has 2 amide bonds. The van der Waals surface area contributed by atoms with Crippen LogP contribution < -0.4 is 5.32 Å². The maximum Gasteiger partial charge on any atom is 0.253 e. The highest BCUT2D eigenvalue weighted by atomic mass is 35.5. The Balaban J connectivity index is 1.43. The van der Waals surface area contributed by atoms with E-state index in [1.807, 2.05) is 0 Å². The molecule has 0 atom stereocenters. The number of amides is 2. The zero-order valence-corrected chi connectivity index (χ0v) is 15.6. The van der Waals surface area contributed by atoms with Crippen LogP contribution in [-0.2, 0) is 4.79 Å². The van der Waals surface area contributed by atoms with Crippen molar-refractivity contribution in [1.82, 2.24) is 9.80 Å². The van der Waals surface area contributed by atoms with Gasteiger partial charge in [-0.05, 0) is 36.4 Å². The van der Waals surface area contributed by atoms with Crippen molar-refractivity contribution in [2.24, 2.45) is 0 Å². The molecule has 1 heterocycles. The van der Waals surface area contributed by atoms with Gasteiger partial charge in [0.25, 0.3) is 5.91 Å². The summed E-state index contributed by atoms with van der Waals surface area (Å²) in [7, 11) is 0. The first-order valence-electron chi connectivity index (χ1n) is 8.84. The topological polar surface area (TPSA) is 52.7 Å². The number of nitrogens with zero attached hydrogens (tertiary/aromatic N) is 2. The van der Waals surface area contributed by atoms with Crippen LogP contribution in [-0.4, -0.2) is 54.3 Å². The van der Waals surface area contributed by atoms with Gasteiger partial charge in [0.2, 0.25) is 5.91 Å². The summed E-state index contributed by atoms with van der Waals surface area (Å²) in [4.78, 5) is 28.4. The molecule has 5 nitrogen and oxygen atoms in total. The van der Waals surface area contributed by atoms with Crippen molar-refractivity contribution in [1.29, 1.82) is 0 Å². The van der Waals surface area contributed by atoms with Gasteiger partial charge in [-0.1, -0.05) is 23.7 Å². The Kier molecular flexibility index (Phi) is 6.42. The molecule has 0 saturated carbocycles. The average Bonchev–Trinajstić information content (AvgIpc) is 2.69. The van der Waals surface area contributed by atoms with Gasteiger partial charge in [-0.3, -0.25) is 14.5 Å². The Morgan fingerprint density at radius 1 is 1.00 bits per heavy atom. The third kappa shape index (κ3) is 5.28. The first-order chi connectivity index (χ1) is 13.0. The molecule has 0 bridgehead atoms. The number of hydrogen-bond donors (Lipinski definition) is 1. The summed E-state index contributed by atoms with van der Waals surface area (Å²) < 4.78 is 13.6. The molecule has 0 radical (unpaired) electrons. The predicted molar refractivity (Wildman–Crippen MR) is 103 cm³/mol. The number of anilines is 1. The van der Waals surface area contributed by atoms with E-state index < -0.39 is 5.82 Å². The minimum atomic E-state index is -0.444. The van der Waals surface area contributed by atoms with Gasteiger partial charge in [-0.2, -0.15) is 0 Å². The number of benzene rings is 2. The maximum absolute atomic E-state index is 13.6. The molecule has 2 aromatic carbocycles. The molecule has 1 fully saturated rings. The second-order valence-corrected chi connectivity index (χ2v) is 6.86. The van der Waals surface area contributed by atoms with Gasteiger partial charge in [0.05, 0.1) is 5.69 Å². The summed E-state index contributed by atoms with van der Waals surface area (Å²) in [5, 5.41) is 3.19. The molecule has 1 N–H and O–H groups in total. The first kappa shape index (κ1) is 19.3. The van der Waals surface area contributed by atoms with Crippen LogP contribution in [0.25, 0.3) is 0 Å². The minimum Gasteiger partial charge on any atom is -0.336 e. The normalized spacial score (nSPS) is 14.8. The quantitative estimate of drug-likeness (QED) is 0.853. The third-order valence-corrected chi connectivity index (χ3v) is 4.81. The summed E-state index contributed by atoms with van der Waals surface area (Å²) in [6, 6.07) is 13.0. The van der Waals surface area contributed by atoms with Gasteiger partial charge >= 0.3 is 0 Å². The largest absolute Gasteiger partial charge is 0.336 e. The summed E-state index contributed by atoms with van der Waals surface area (Å²) in [5.41, 5.74) is 0.818. The number of rotatable bonds is 5. The summed E-state index contributed by atoms with van der Waals surface area (Å²) in [6.07, 6.45) is 0.277. The van der Waals surface area contributed by atoms with Crippen molar-refractivity contribution in [3.05, 3.63) is 64.9 Å². The van der Waals surface area contributed by atoms with Gasteiger partial charge in [0.15, 0.2) is 0 Å². The number of piperazine rings is 1. The van der Waals surface area contributed by atoms with Crippen LogP contribution in [0.5, 0.6) is 0 Å². The highest BCUT2D eigenvalue weighted by molar-refractivity contribution is 6.30. The monoisotopic (exact) mass is 389 g/mol. The van der Waals surface area contributed by atoms with Crippen molar-refractivity contribution in [3.8, 4) is 0 Å². The highest BCUT2D eigenvalue weighted by Crippen LogP contribution is 2.14. The fourth-order valence-corrected chi connectivity index (χ4v) is 3.11. The Bertz CT molecular complexity index is 805. The molecule has 1 aliphatic heterocycles. The van der Waals surface area contributed by atoms with Crippen molar-refractivity contribution in [2.45, 2.75) is 6.42 Å². The lowest BCUT2D eigenvalue weighted by Crippen LogP contribution is -2.49. The number of hydrogen-bond acceptors (Lipinski definition) is 3. The van der Waals surface area contributed by atoms with Crippen molar-refractivity contribution in [2.75, 3.05) is 38.0 Å². The number of carbonyl (C=O) groups excluding carboxylic acids is 2.